The molecule has 0 atom stereocenters. The van der Waals surface area contributed by atoms with Gasteiger partial charge in [-0.3, -0.25) is 0 Å². The minimum absolute atomic E-state index is 0.157. The molecule has 1 aromatic heterocycles. The molecule has 0 amide bonds. The van der Waals surface area contributed by atoms with E-state index in [0.29, 0.717) is 12.2 Å². The molecule has 0 bridgehead atoms. The van der Waals surface area contributed by atoms with E-state index < -0.39 is 0 Å². The zero-order valence-corrected chi connectivity index (χ0v) is 4.74. The number of aromatic nitrogens is 2. The summed E-state index contributed by atoms with van der Waals surface area (Å²) in [5.74, 6) is 0.194. The van der Waals surface area contributed by atoms with Crippen LogP contribution in [0.15, 0.2) is 17.2 Å². The molecular formula is C5H6N2O2. The Balaban J connectivity index is 2.80. The first-order valence-corrected chi connectivity index (χ1v) is 2.45. The SMILES string of the molecule is C=CCc1onnc1O. The van der Waals surface area contributed by atoms with E-state index in [4.69, 9.17) is 5.11 Å². The molecule has 0 saturated carbocycles. The van der Waals surface area contributed by atoms with Gasteiger partial charge >= 0.3 is 0 Å². The van der Waals surface area contributed by atoms with Crippen LogP contribution in [0.3, 0.4) is 0 Å². The van der Waals surface area contributed by atoms with Crippen molar-refractivity contribution in [3.8, 4) is 5.88 Å². The zero-order chi connectivity index (χ0) is 6.69. The van der Waals surface area contributed by atoms with Gasteiger partial charge < -0.3 is 9.63 Å². The standard InChI is InChI=1S/C5H6N2O2/c1-2-3-4-5(8)6-7-9-4/h2,8H,1,3H2. The molecule has 0 aliphatic rings. The van der Waals surface area contributed by atoms with Gasteiger partial charge in [0.15, 0.2) is 0 Å². The van der Waals surface area contributed by atoms with Crippen molar-refractivity contribution in [2.45, 2.75) is 6.42 Å². The Morgan fingerprint density at radius 1 is 1.78 bits per heavy atom. The summed E-state index contributed by atoms with van der Waals surface area (Å²) in [6.45, 7) is 3.45. The van der Waals surface area contributed by atoms with Crippen LogP contribution in [0.5, 0.6) is 5.88 Å². The molecule has 9 heavy (non-hydrogen) atoms. The third-order valence-electron chi connectivity index (χ3n) is 0.866. The van der Waals surface area contributed by atoms with Gasteiger partial charge in [0.05, 0.1) is 0 Å². The molecule has 48 valence electrons. The second kappa shape index (κ2) is 2.30. The molecule has 1 aromatic rings. The van der Waals surface area contributed by atoms with Crippen LogP contribution in [0.1, 0.15) is 5.76 Å². The predicted molar refractivity (Wildman–Crippen MR) is 29.9 cm³/mol. The van der Waals surface area contributed by atoms with Gasteiger partial charge in [0.1, 0.15) is 0 Å². The highest BCUT2D eigenvalue weighted by Crippen LogP contribution is 2.11. The Labute approximate surface area is 51.8 Å². The van der Waals surface area contributed by atoms with Crippen molar-refractivity contribution >= 4 is 0 Å². The molecule has 0 aromatic carbocycles. The lowest BCUT2D eigenvalue weighted by Gasteiger charge is -1.82. The molecule has 4 heteroatoms. The predicted octanol–water partition coefficient (Wildman–Crippen LogP) is 0.504. The van der Waals surface area contributed by atoms with E-state index in [9.17, 15) is 0 Å². The minimum atomic E-state index is -0.157. The van der Waals surface area contributed by atoms with Crippen LogP contribution in [-0.2, 0) is 6.42 Å². The van der Waals surface area contributed by atoms with Gasteiger partial charge in [0.25, 0.3) is 5.88 Å². The summed E-state index contributed by atoms with van der Waals surface area (Å²) in [5.41, 5.74) is 0. The number of aromatic hydroxyl groups is 1. The fourth-order valence-electron chi connectivity index (χ4n) is 0.465. The van der Waals surface area contributed by atoms with Crippen LogP contribution in [0.25, 0.3) is 0 Å². The summed E-state index contributed by atoms with van der Waals surface area (Å²) in [7, 11) is 0. The first-order chi connectivity index (χ1) is 4.34. The van der Waals surface area contributed by atoms with Crippen LogP contribution in [0, 0.1) is 0 Å². The molecule has 0 unspecified atom stereocenters. The molecule has 0 radical (unpaired) electrons. The Morgan fingerprint density at radius 3 is 3.00 bits per heavy atom. The monoisotopic (exact) mass is 126 g/mol. The van der Waals surface area contributed by atoms with Gasteiger partial charge in [-0.25, -0.2) is 0 Å². The summed E-state index contributed by atoms with van der Waals surface area (Å²) < 4.78 is 4.52. The molecule has 0 aliphatic heterocycles. The summed E-state index contributed by atoms with van der Waals surface area (Å²) in [6, 6.07) is 0. The topological polar surface area (TPSA) is 59.2 Å². The Hall–Kier alpha value is -1.32. The van der Waals surface area contributed by atoms with Gasteiger partial charge in [0, 0.05) is 11.7 Å². The number of rotatable bonds is 2. The zero-order valence-electron chi connectivity index (χ0n) is 4.74. The van der Waals surface area contributed by atoms with E-state index in [-0.39, 0.29) is 5.88 Å². The van der Waals surface area contributed by atoms with Gasteiger partial charge in [-0.2, -0.15) is 0 Å². The lowest BCUT2D eigenvalue weighted by molar-refractivity contribution is 0.365. The number of allylic oxidation sites excluding steroid dienone is 1. The second-order valence-corrected chi connectivity index (χ2v) is 1.51. The molecule has 1 heterocycles. The second-order valence-electron chi connectivity index (χ2n) is 1.51. The van der Waals surface area contributed by atoms with Gasteiger partial charge in [-0.15, -0.1) is 6.58 Å². The molecule has 4 nitrogen and oxygen atoms in total. The van der Waals surface area contributed by atoms with Crippen LogP contribution in [0.4, 0.5) is 0 Å². The maximum absolute atomic E-state index is 8.77. The molecule has 0 fully saturated rings. The molecule has 0 aliphatic carbocycles. The lowest BCUT2D eigenvalue weighted by Crippen LogP contribution is -1.74. The first kappa shape index (κ1) is 5.81. The van der Waals surface area contributed by atoms with Gasteiger partial charge in [0.2, 0.25) is 5.76 Å². The Bertz CT molecular complexity index is 206. The average molecular weight is 126 g/mol. The van der Waals surface area contributed by atoms with Crippen molar-refractivity contribution in [3.63, 3.8) is 0 Å². The van der Waals surface area contributed by atoms with Crippen LogP contribution < -0.4 is 0 Å². The smallest absolute Gasteiger partial charge is 0.276 e. The minimum Gasteiger partial charge on any atom is -0.490 e. The highest BCUT2D eigenvalue weighted by atomic mass is 16.5. The molecule has 0 spiro atoms. The highest BCUT2D eigenvalue weighted by molar-refractivity contribution is 5.12. The maximum Gasteiger partial charge on any atom is 0.276 e. The Kier molecular flexibility index (Phi) is 1.48. The number of nitrogens with zero attached hydrogens (tertiary/aromatic N) is 2. The molecule has 0 saturated heterocycles. The van der Waals surface area contributed by atoms with Crippen molar-refractivity contribution in [2.24, 2.45) is 0 Å². The fraction of sp³-hybridized carbons (Fsp3) is 0.200. The number of hydrogen-bond donors (Lipinski definition) is 1. The van der Waals surface area contributed by atoms with Crippen molar-refractivity contribution < 1.29 is 9.63 Å². The third kappa shape index (κ3) is 1.07. The van der Waals surface area contributed by atoms with E-state index in [1.54, 1.807) is 6.08 Å². The van der Waals surface area contributed by atoms with Gasteiger partial charge in [-0.05, 0) is 0 Å². The van der Waals surface area contributed by atoms with Crippen molar-refractivity contribution in [3.05, 3.63) is 18.4 Å². The van der Waals surface area contributed by atoms with Crippen LogP contribution in [0.2, 0.25) is 0 Å². The van der Waals surface area contributed by atoms with E-state index in [1.165, 1.54) is 0 Å². The third-order valence-corrected chi connectivity index (χ3v) is 0.866. The summed E-state index contributed by atoms with van der Waals surface area (Å²) in [5, 5.41) is 15.1. The van der Waals surface area contributed by atoms with Gasteiger partial charge in [-0.1, -0.05) is 11.2 Å². The summed E-state index contributed by atoms with van der Waals surface area (Å²) in [4.78, 5) is 0. The van der Waals surface area contributed by atoms with E-state index in [0.717, 1.165) is 0 Å². The first-order valence-electron chi connectivity index (χ1n) is 2.45. The summed E-state index contributed by atoms with van der Waals surface area (Å²) in [6.07, 6.45) is 2.06. The normalized spacial score (nSPS) is 9.33. The highest BCUT2D eigenvalue weighted by Gasteiger charge is 2.03. The van der Waals surface area contributed by atoms with E-state index in [1.807, 2.05) is 0 Å². The lowest BCUT2D eigenvalue weighted by atomic mass is 10.3. The maximum atomic E-state index is 8.77. The Morgan fingerprint density at radius 2 is 2.56 bits per heavy atom. The number of hydrogen-bond acceptors (Lipinski definition) is 4. The average Bonchev–Trinajstić information content (AvgIpc) is 2.18. The van der Waals surface area contributed by atoms with Crippen molar-refractivity contribution in [1.29, 1.82) is 0 Å². The van der Waals surface area contributed by atoms with Crippen molar-refractivity contribution in [1.82, 2.24) is 10.4 Å². The molecular weight excluding hydrogens is 120 g/mol. The van der Waals surface area contributed by atoms with Crippen molar-refractivity contribution in [2.75, 3.05) is 0 Å². The molecule has 1 N–H and O–H groups in total. The quantitative estimate of drug-likeness (QED) is 0.586. The summed E-state index contributed by atoms with van der Waals surface area (Å²) >= 11 is 0. The van der Waals surface area contributed by atoms with E-state index >= 15 is 0 Å². The fourth-order valence-corrected chi connectivity index (χ4v) is 0.465. The van der Waals surface area contributed by atoms with Crippen LogP contribution in [-0.4, -0.2) is 15.5 Å². The van der Waals surface area contributed by atoms with E-state index in [2.05, 4.69) is 21.5 Å². The molecule has 1 rings (SSSR count). The van der Waals surface area contributed by atoms with Crippen LogP contribution >= 0.6 is 0 Å². The largest absolute Gasteiger partial charge is 0.490 e.